The van der Waals surface area contributed by atoms with Gasteiger partial charge in [-0.15, -0.1) is 0 Å². The molecule has 1 N–H and O–H groups in total. The van der Waals surface area contributed by atoms with Crippen LogP contribution in [-0.2, 0) is 0 Å². The molecular weight excluding hydrogens is 215 g/mol. The van der Waals surface area contributed by atoms with Crippen molar-refractivity contribution in [3.05, 3.63) is 0 Å². The van der Waals surface area contributed by atoms with Crippen molar-refractivity contribution in [2.45, 2.75) is 18.9 Å². The molecular formula is C8H16F3NOS. The minimum absolute atomic E-state index is 0.00656. The number of hydrogen-bond donors (Lipinski definition) is 1. The lowest BCUT2D eigenvalue weighted by Crippen LogP contribution is -2.28. The first kappa shape index (κ1) is 14.1. The van der Waals surface area contributed by atoms with Crippen LogP contribution >= 0.6 is 11.8 Å². The normalized spacial score (nSPS) is 12.4. The summed E-state index contributed by atoms with van der Waals surface area (Å²) in [5, 5.41) is 8.55. The minimum Gasteiger partial charge on any atom is -0.396 e. The van der Waals surface area contributed by atoms with Gasteiger partial charge in [0.1, 0.15) is 0 Å². The molecule has 0 bridgehead atoms. The van der Waals surface area contributed by atoms with Crippen LogP contribution in [0.2, 0.25) is 0 Å². The summed E-state index contributed by atoms with van der Waals surface area (Å²) >= 11 is 0.00656. The fraction of sp³-hybridized carbons (Fsp3) is 1.00. The van der Waals surface area contributed by atoms with Crippen molar-refractivity contribution in [2.24, 2.45) is 0 Å². The summed E-state index contributed by atoms with van der Waals surface area (Å²) in [7, 11) is 0. The maximum atomic E-state index is 11.8. The summed E-state index contributed by atoms with van der Waals surface area (Å²) in [5.41, 5.74) is -4.13. The first-order valence-corrected chi connectivity index (χ1v) is 5.52. The molecule has 2 nitrogen and oxygen atoms in total. The number of alkyl halides is 3. The number of nitrogens with zero attached hydrogens (tertiary/aromatic N) is 1. The van der Waals surface area contributed by atoms with E-state index in [0.717, 1.165) is 6.54 Å². The van der Waals surface area contributed by atoms with Crippen molar-refractivity contribution in [1.29, 1.82) is 0 Å². The molecule has 0 aromatic carbocycles. The molecule has 0 atom stereocenters. The molecule has 0 aliphatic carbocycles. The fourth-order valence-electron chi connectivity index (χ4n) is 1.01. The molecule has 6 heteroatoms. The van der Waals surface area contributed by atoms with Crippen LogP contribution in [0, 0.1) is 0 Å². The van der Waals surface area contributed by atoms with E-state index in [4.69, 9.17) is 5.11 Å². The highest BCUT2D eigenvalue weighted by atomic mass is 32.2. The van der Waals surface area contributed by atoms with E-state index in [1.807, 2.05) is 11.8 Å². The van der Waals surface area contributed by atoms with Crippen molar-refractivity contribution in [3.8, 4) is 0 Å². The molecule has 0 spiro atoms. The second kappa shape index (κ2) is 7.36. The largest absolute Gasteiger partial charge is 0.441 e. The van der Waals surface area contributed by atoms with Gasteiger partial charge in [0.2, 0.25) is 0 Å². The van der Waals surface area contributed by atoms with E-state index in [2.05, 4.69) is 0 Å². The first-order chi connectivity index (χ1) is 6.49. The quantitative estimate of drug-likeness (QED) is 0.724. The van der Waals surface area contributed by atoms with Gasteiger partial charge < -0.3 is 10.0 Å². The highest BCUT2D eigenvalue weighted by Gasteiger charge is 2.27. The molecule has 0 heterocycles. The minimum atomic E-state index is -4.13. The SMILES string of the molecule is CCN(CCCO)CCSC(F)(F)F. The fourth-order valence-corrected chi connectivity index (χ4v) is 1.59. The summed E-state index contributed by atoms with van der Waals surface area (Å²) in [6, 6.07) is 0. The Labute approximate surface area is 86.5 Å². The van der Waals surface area contributed by atoms with E-state index in [1.54, 1.807) is 0 Å². The molecule has 0 radical (unpaired) electrons. The Bertz CT molecular complexity index is 143. The van der Waals surface area contributed by atoms with Gasteiger partial charge in [-0.3, -0.25) is 0 Å². The van der Waals surface area contributed by atoms with Gasteiger partial charge in [0.15, 0.2) is 0 Å². The van der Waals surface area contributed by atoms with Gasteiger partial charge in [-0.1, -0.05) is 6.92 Å². The zero-order valence-corrected chi connectivity index (χ0v) is 9.00. The summed E-state index contributed by atoms with van der Waals surface area (Å²) < 4.78 is 35.3. The average Bonchev–Trinajstić information content (AvgIpc) is 2.09. The average molecular weight is 231 g/mol. The summed E-state index contributed by atoms with van der Waals surface area (Å²) in [4.78, 5) is 1.90. The van der Waals surface area contributed by atoms with Gasteiger partial charge >= 0.3 is 5.51 Å². The highest BCUT2D eigenvalue weighted by Crippen LogP contribution is 2.29. The molecule has 0 saturated carbocycles. The second-order valence-corrected chi connectivity index (χ2v) is 3.97. The number of thioether (sulfide) groups is 1. The molecule has 0 aliphatic rings. The number of rotatable bonds is 7. The Morgan fingerprint density at radius 2 is 1.93 bits per heavy atom. The lowest BCUT2D eigenvalue weighted by Gasteiger charge is -2.19. The van der Waals surface area contributed by atoms with Gasteiger partial charge in [-0.05, 0) is 24.7 Å². The zero-order chi connectivity index (χ0) is 11.0. The first-order valence-electron chi connectivity index (χ1n) is 4.53. The Morgan fingerprint density at radius 1 is 1.29 bits per heavy atom. The lowest BCUT2D eigenvalue weighted by molar-refractivity contribution is -0.0328. The Balaban J connectivity index is 3.52. The van der Waals surface area contributed by atoms with Crippen LogP contribution in [0.4, 0.5) is 13.2 Å². The predicted octanol–water partition coefficient (Wildman–Crippen LogP) is 1.94. The third-order valence-corrected chi connectivity index (χ3v) is 2.47. The zero-order valence-electron chi connectivity index (χ0n) is 8.18. The van der Waals surface area contributed by atoms with Crippen molar-refractivity contribution in [2.75, 3.05) is 32.0 Å². The Hall–Kier alpha value is 0.0600. The molecule has 0 saturated heterocycles. The molecule has 14 heavy (non-hydrogen) atoms. The third-order valence-electron chi connectivity index (χ3n) is 1.75. The van der Waals surface area contributed by atoms with E-state index in [-0.39, 0.29) is 24.1 Å². The van der Waals surface area contributed by atoms with Gasteiger partial charge in [0.25, 0.3) is 0 Å². The van der Waals surface area contributed by atoms with Crippen LogP contribution in [-0.4, -0.2) is 47.5 Å². The molecule has 0 rings (SSSR count). The van der Waals surface area contributed by atoms with Gasteiger partial charge in [-0.2, -0.15) is 13.2 Å². The third kappa shape index (κ3) is 8.65. The maximum absolute atomic E-state index is 11.8. The topological polar surface area (TPSA) is 23.5 Å². The van der Waals surface area contributed by atoms with Gasteiger partial charge in [0, 0.05) is 25.4 Å². The second-order valence-electron chi connectivity index (χ2n) is 2.81. The molecule has 0 amide bonds. The van der Waals surface area contributed by atoms with Crippen LogP contribution < -0.4 is 0 Å². The van der Waals surface area contributed by atoms with E-state index in [0.29, 0.717) is 19.5 Å². The standard InChI is InChI=1S/C8H16F3NOS/c1-2-12(4-3-6-13)5-7-14-8(9,10)11/h13H,2-7H2,1H3. The predicted molar refractivity (Wildman–Crippen MR) is 52.3 cm³/mol. The molecule has 86 valence electrons. The molecule has 0 aliphatic heterocycles. The number of hydrogen-bond acceptors (Lipinski definition) is 3. The lowest BCUT2D eigenvalue weighted by atomic mass is 10.4. The van der Waals surface area contributed by atoms with Crippen molar-refractivity contribution in [1.82, 2.24) is 4.90 Å². The van der Waals surface area contributed by atoms with Crippen molar-refractivity contribution >= 4 is 11.8 Å². The number of halogens is 3. The van der Waals surface area contributed by atoms with Crippen molar-refractivity contribution < 1.29 is 18.3 Å². The van der Waals surface area contributed by atoms with Crippen LogP contribution in [0.3, 0.4) is 0 Å². The molecule has 0 aromatic heterocycles. The highest BCUT2D eigenvalue weighted by molar-refractivity contribution is 8.00. The van der Waals surface area contributed by atoms with E-state index >= 15 is 0 Å². The van der Waals surface area contributed by atoms with E-state index in [1.165, 1.54) is 0 Å². The Kier molecular flexibility index (Phi) is 7.40. The van der Waals surface area contributed by atoms with Gasteiger partial charge in [0.05, 0.1) is 0 Å². The van der Waals surface area contributed by atoms with Crippen LogP contribution in [0.5, 0.6) is 0 Å². The van der Waals surface area contributed by atoms with Crippen molar-refractivity contribution in [3.63, 3.8) is 0 Å². The van der Waals surface area contributed by atoms with E-state index in [9.17, 15) is 13.2 Å². The monoisotopic (exact) mass is 231 g/mol. The Morgan fingerprint density at radius 3 is 2.36 bits per heavy atom. The summed E-state index contributed by atoms with van der Waals surface area (Å²) in [5.74, 6) is 0.0583. The number of aliphatic hydroxyl groups excluding tert-OH is 1. The molecule has 0 unspecified atom stereocenters. The van der Waals surface area contributed by atoms with Crippen LogP contribution in [0.1, 0.15) is 13.3 Å². The molecule has 0 aromatic rings. The molecule has 0 fully saturated rings. The van der Waals surface area contributed by atoms with Crippen LogP contribution in [0.25, 0.3) is 0 Å². The van der Waals surface area contributed by atoms with E-state index < -0.39 is 5.51 Å². The summed E-state index contributed by atoms with van der Waals surface area (Å²) in [6.45, 7) is 3.78. The number of aliphatic hydroxyl groups is 1. The van der Waals surface area contributed by atoms with Crippen LogP contribution in [0.15, 0.2) is 0 Å². The van der Waals surface area contributed by atoms with Gasteiger partial charge in [-0.25, -0.2) is 0 Å². The summed E-state index contributed by atoms with van der Waals surface area (Å²) in [6.07, 6.45) is 0.616. The smallest absolute Gasteiger partial charge is 0.396 e. The maximum Gasteiger partial charge on any atom is 0.441 e.